The number of aromatic nitrogens is 4. The average molecular weight is 444 g/mol. The van der Waals surface area contributed by atoms with Gasteiger partial charge in [-0.3, -0.25) is 9.78 Å². The highest BCUT2D eigenvalue weighted by Gasteiger charge is 2.58. The van der Waals surface area contributed by atoms with Gasteiger partial charge >= 0.3 is 0 Å². The molecule has 2 fully saturated rings. The quantitative estimate of drug-likeness (QED) is 0.538. The van der Waals surface area contributed by atoms with E-state index in [4.69, 9.17) is 4.74 Å². The van der Waals surface area contributed by atoms with Crippen LogP contribution < -0.4 is 15.4 Å². The minimum atomic E-state index is -2.87. The number of alkyl halides is 2. The third-order valence-corrected chi connectivity index (χ3v) is 5.59. The number of hydrogen-bond donors (Lipinski definition) is 2. The van der Waals surface area contributed by atoms with Gasteiger partial charge in [-0.2, -0.15) is 9.36 Å². The first-order valence-corrected chi connectivity index (χ1v) is 10.5. The van der Waals surface area contributed by atoms with Crippen LogP contribution in [0.4, 0.5) is 13.9 Å². The molecule has 2 aliphatic carbocycles. The van der Waals surface area contributed by atoms with Crippen LogP contribution in [0.1, 0.15) is 36.0 Å². The Labute approximate surface area is 180 Å². The molecule has 3 heterocycles. The molecule has 0 atom stereocenters. The molecule has 3 aromatic rings. The minimum Gasteiger partial charge on any atom is -0.489 e. The van der Waals surface area contributed by atoms with Crippen LogP contribution in [0.5, 0.6) is 5.75 Å². The molecule has 2 saturated carbocycles. The van der Waals surface area contributed by atoms with Gasteiger partial charge in [-0.15, -0.1) is 0 Å². The lowest BCUT2D eigenvalue weighted by Crippen LogP contribution is -2.66. The van der Waals surface area contributed by atoms with Crippen molar-refractivity contribution in [1.29, 1.82) is 0 Å². The molecule has 0 bridgehead atoms. The van der Waals surface area contributed by atoms with Gasteiger partial charge < -0.3 is 15.4 Å². The molecular formula is C20H18F2N6O2S. The summed E-state index contributed by atoms with van der Waals surface area (Å²) in [7, 11) is 0. The second-order valence-corrected chi connectivity index (χ2v) is 8.48. The van der Waals surface area contributed by atoms with Crippen LogP contribution in [0.15, 0.2) is 42.9 Å². The summed E-state index contributed by atoms with van der Waals surface area (Å²) < 4.78 is 37.4. The van der Waals surface area contributed by atoms with Crippen LogP contribution in [0.3, 0.4) is 0 Å². The minimum absolute atomic E-state index is 0.277. The SMILES string of the molecule is O=C(NC1(Nc2nc(-c3ccc(OC4CC4)cn3)ns2)CC(F)(F)C1)c1cccnc1. The maximum absolute atomic E-state index is 13.7. The zero-order valence-electron chi connectivity index (χ0n) is 16.2. The lowest BCUT2D eigenvalue weighted by molar-refractivity contribution is -0.121. The molecule has 2 N–H and O–H groups in total. The molecule has 11 heteroatoms. The first-order chi connectivity index (χ1) is 14.9. The Morgan fingerprint density at radius 3 is 2.68 bits per heavy atom. The summed E-state index contributed by atoms with van der Waals surface area (Å²) in [6, 6.07) is 6.73. The van der Waals surface area contributed by atoms with Crippen LogP contribution >= 0.6 is 11.5 Å². The highest BCUT2D eigenvalue weighted by molar-refractivity contribution is 7.09. The summed E-state index contributed by atoms with van der Waals surface area (Å²) in [6.07, 6.45) is 5.82. The Kier molecular flexibility index (Phi) is 4.77. The fourth-order valence-corrected chi connectivity index (χ4v) is 4.05. The second kappa shape index (κ2) is 7.49. The summed E-state index contributed by atoms with van der Waals surface area (Å²) >= 11 is 1.02. The molecule has 1 amide bonds. The molecular weight excluding hydrogens is 426 g/mol. The molecule has 160 valence electrons. The second-order valence-electron chi connectivity index (χ2n) is 7.73. The zero-order valence-corrected chi connectivity index (χ0v) is 17.0. The van der Waals surface area contributed by atoms with E-state index in [0.29, 0.717) is 22.4 Å². The Bertz CT molecular complexity index is 1080. The molecule has 31 heavy (non-hydrogen) atoms. The topological polar surface area (TPSA) is 102 Å². The molecule has 0 aliphatic heterocycles. The predicted octanol–water partition coefficient (Wildman–Crippen LogP) is 3.50. The number of carbonyl (C=O) groups excluding carboxylic acids is 1. The normalized spacial score (nSPS) is 18.6. The number of amides is 1. The van der Waals surface area contributed by atoms with E-state index in [0.717, 1.165) is 24.4 Å². The van der Waals surface area contributed by atoms with Gasteiger partial charge in [-0.25, -0.2) is 13.8 Å². The molecule has 5 rings (SSSR count). The average Bonchev–Trinajstić information content (AvgIpc) is 3.43. The fraction of sp³-hybridized carbons (Fsp3) is 0.350. The molecule has 0 aromatic carbocycles. The summed E-state index contributed by atoms with van der Waals surface area (Å²) in [5.74, 6) is -2.31. The largest absolute Gasteiger partial charge is 0.489 e. The van der Waals surface area contributed by atoms with Crippen molar-refractivity contribution in [2.24, 2.45) is 0 Å². The smallest absolute Gasteiger partial charge is 0.256 e. The van der Waals surface area contributed by atoms with Crippen LogP contribution in [0, 0.1) is 0 Å². The van der Waals surface area contributed by atoms with Crippen LogP contribution in [-0.4, -0.2) is 42.9 Å². The van der Waals surface area contributed by atoms with Crippen molar-refractivity contribution in [2.45, 2.75) is 43.4 Å². The van der Waals surface area contributed by atoms with Crippen LogP contribution in [0.25, 0.3) is 11.5 Å². The fourth-order valence-electron chi connectivity index (χ4n) is 3.37. The lowest BCUT2D eigenvalue weighted by Gasteiger charge is -2.47. The number of rotatable bonds is 7. The van der Waals surface area contributed by atoms with Crippen LogP contribution in [-0.2, 0) is 0 Å². The van der Waals surface area contributed by atoms with Gasteiger partial charge in [0.05, 0.1) is 30.7 Å². The van der Waals surface area contributed by atoms with E-state index in [1.54, 1.807) is 30.5 Å². The van der Waals surface area contributed by atoms with Gasteiger partial charge in [-0.05, 0) is 37.1 Å². The number of carbonyl (C=O) groups is 1. The third kappa shape index (κ3) is 4.46. The Morgan fingerprint density at radius 1 is 1.19 bits per heavy atom. The number of halogens is 2. The highest BCUT2D eigenvalue weighted by atomic mass is 32.1. The number of pyridine rings is 2. The van der Waals surface area contributed by atoms with E-state index in [1.807, 2.05) is 0 Å². The Balaban J connectivity index is 1.30. The number of nitrogens with one attached hydrogen (secondary N) is 2. The lowest BCUT2D eigenvalue weighted by atomic mass is 9.80. The zero-order chi connectivity index (χ0) is 21.5. The number of nitrogens with zero attached hydrogens (tertiary/aromatic N) is 4. The monoisotopic (exact) mass is 444 g/mol. The molecule has 8 nitrogen and oxygen atoms in total. The van der Waals surface area contributed by atoms with Gasteiger partial charge in [-0.1, -0.05) is 0 Å². The summed E-state index contributed by atoms with van der Waals surface area (Å²) in [5.41, 5.74) is -0.489. The highest BCUT2D eigenvalue weighted by Crippen LogP contribution is 2.46. The van der Waals surface area contributed by atoms with Gasteiger partial charge in [0.2, 0.25) is 5.13 Å². The molecule has 0 spiro atoms. The van der Waals surface area contributed by atoms with Crippen molar-refractivity contribution in [1.82, 2.24) is 24.6 Å². The van der Waals surface area contributed by atoms with Crippen molar-refractivity contribution < 1.29 is 18.3 Å². The van der Waals surface area contributed by atoms with Gasteiger partial charge in [0.1, 0.15) is 17.1 Å². The van der Waals surface area contributed by atoms with Gasteiger partial charge in [0.15, 0.2) is 5.82 Å². The maximum Gasteiger partial charge on any atom is 0.256 e. The van der Waals surface area contributed by atoms with E-state index >= 15 is 0 Å². The van der Waals surface area contributed by atoms with Crippen molar-refractivity contribution in [3.8, 4) is 17.3 Å². The molecule has 3 aromatic heterocycles. The summed E-state index contributed by atoms with van der Waals surface area (Å²) in [4.78, 5) is 25.1. The first kappa shape index (κ1) is 19.7. The molecule has 2 aliphatic rings. The number of hydrogen-bond acceptors (Lipinski definition) is 8. The number of anilines is 1. The predicted molar refractivity (Wildman–Crippen MR) is 109 cm³/mol. The van der Waals surface area contributed by atoms with Crippen molar-refractivity contribution >= 4 is 22.6 Å². The third-order valence-electron chi connectivity index (χ3n) is 4.96. The molecule has 0 radical (unpaired) electrons. The summed E-state index contributed by atoms with van der Waals surface area (Å²) in [5, 5.41) is 5.93. The van der Waals surface area contributed by atoms with Crippen LogP contribution in [0.2, 0.25) is 0 Å². The standard InChI is InChI=1S/C20H18F2N6O2S/c21-19(22)10-20(11-19,26-17(29)12-2-1-7-23-8-12)27-18-25-16(28-31-18)15-6-5-14(9-24-15)30-13-3-4-13/h1-2,5-9,13H,3-4,10-11H2,(H,26,29)(H,25,27,28). The van der Waals surface area contributed by atoms with Crippen molar-refractivity contribution in [3.63, 3.8) is 0 Å². The van der Waals surface area contributed by atoms with Gasteiger partial charge in [0.25, 0.3) is 11.8 Å². The summed E-state index contributed by atoms with van der Waals surface area (Å²) in [6.45, 7) is 0. The van der Waals surface area contributed by atoms with Crippen molar-refractivity contribution in [2.75, 3.05) is 5.32 Å². The van der Waals surface area contributed by atoms with E-state index in [9.17, 15) is 13.6 Å². The van der Waals surface area contributed by atoms with Crippen molar-refractivity contribution in [3.05, 3.63) is 48.4 Å². The molecule has 0 unspecified atom stereocenters. The van der Waals surface area contributed by atoms with E-state index in [-0.39, 0.29) is 11.7 Å². The van der Waals surface area contributed by atoms with E-state index < -0.39 is 30.3 Å². The first-order valence-electron chi connectivity index (χ1n) is 9.75. The van der Waals surface area contributed by atoms with E-state index in [1.165, 1.54) is 12.4 Å². The Hall–Kier alpha value is -3.21. The Morgan fingerprint density at radius 2 is 2.03 bits per heavy atom. The maximum atomic E-state index is 13.7. The number of ether oxygens (including phenoxy) is 1. The van der Waals surface area contributed by atoms with Gasteiger partial charge in [0, 0.05) is 23.9 Å². The molecule has 0 saturated heterocycles. The van der Waals surface area contributed by atoms with E-state index in [2.05, 4.69) is 30.0 Å².